The van der Waals surface area contributed by atoms with Crippen LogP contribution in [0.25, 0.3) is 10.9 Å². The summed E-state index contributed by atoms with van der Waals surface area (Å²) in [6.45, 7) is 5.56. The number of ether oxygens (including phenoxy) is 1. The van der Waals surface area contributed by atoms with Gasteiger partial charge in [0.15, 0.2) is 5.82 Å². The topological polar surface area (TPSA) is 210 Å². The number of piperazine rings is 1. The first-order valence-corrected chi connectivity index (χ1v) is 24.5. The molecule has 0 spiro atoms. The largest absolute Gasteiger partial charge is 0.384 e. The van der Waals surface area contributed by atoms with E-state index in [1.165, 1.54) is 12.1 Å². The van der Waals surface area contributed by atoms with Crippen molar-refractivity contribution in [2.24, 2.45) is 0 Å². The maximum absolute atomic E-state index is 14.0. The number of aromatic nitrogens is 2. The molecule has 4 aromatic carbocycles. The number of amides is 6. The molecular formula is C52H58F2N10O7. The molecule has 372 valence electrons. The maximum Gasteiger partial charge on any atom is 0.264 e. The van der Waals surface area contributed by atoms with Gasteiger partial charge in [-0.2, -0.15) is 5.10 Å². The molecule has 6 amide bonds. The number of H-pyrrole nitrogens is 1. The van der Waals surface area contributed by atoms with Gasteiger partial charge in [-0.15, -0.1) is 0 Å². The molecular weight excluding hydrogens is 915 g/mol. The van der Waals surface area contributed by atoms with Crippen LogP contribution in [-0.2, 0) is 25.5 Å². The number of hydrogen-bond acceptors (Lipinski definition) is 12. The Morgan fingerprint density at radius 2 is 1.54 bits per heavy atom. The molecule has 0 bridgehead atoms. The fourth-order valence-corrected chi connectivity index (χ4v) is 9.81. The van der Waals surface area contributed by atoms with Gasteiger partial charge in [0.2, 0.25) is 17.7 Å². The molecule has 19 heteroatoms. The fourth-order valence-electron chi connectivity index (χ4n) is 9.81. The average molecular weight is 973 g/mol. The number of halogens is 2. The Bertz CT molecular complexity index is 2800. The minimum atomic E-state index is -1.01. The molecule has 3 fully saturated rings. The van der Waals surface area contributed by atoms with Crippen LogP contribution >= 0.6 is 0 Å². The van der Waals surface area contributed by atoms with Gasteiger partial charge in [-0.1, -0.05) is 31.4 Å². The van der Waals surface area contributed by atoms with Crippen molar-refractivity contribution in [3.8, 4) is 0 Å². The molecule has 0 saturated carbocycles. The van der Waals surface area contributed by atoms with Crippen LogP contribution in [0.3, 0.4) is 0 Å². The Balaban J connectivity index is 0.706. The number of benzene rings is 4. The summed E-state index contributed by atoms with van der Waals surface area (Å²) in [4.78, 5) is 82.9. The molecule has 0 radical (unpaired) electrons. The summed E-state index contributed by atoms with van der Waals surface area (Å²) in [5, 5.41) is 23.2. The summed E-state index contributed by atoms with van der Waals surface area (Å²) in [6, 6.07) is 18.9. The number of aromatic amines is 1. The zero-order valence-electron chi connectivity index (χ0n) is 39.4. The van der Waals surface area contributed by atoms with E-state index in [0.29, 0.717) is 105 Å². The Kier molecular flexibility index (Phi) is 15.3. The Morgan fingerprint density at radius 3 is 2.31 bits per heavy atom. The lowest BCUT2D eigenvalue weighted by molar-refractivity contribution is -0.136. The van der Waals surface area contributed by atoms with Crippen LogP contribution in [0, 0.1) is 11.6 Å². The molecule has 5 heterocycles. The summed E-state index contributed by atoms with van der Waals surface area (Å²) in [5.74, 6) is -3.40. The van der Waals surface area contributed by atoms with Crippen molar-refractivity contribution in [2.45, 2.75) is 76.3 Å². The molecule has 4 aliphatic rings. The number of anilines is 4. The van der Waals surface area contributed by atoms with Crippen molar-refractivity contribution in [2.75, 3.05) is 79.9 Å². The first-order chi connectivity index (χ1) is 34.5. The zero-order valence-corrected chi connectivity index (χ0v) is 39.4. The molecule has 4 aliphatic heterocycles. The monoisotopic (exact) mass is 972 g/mol. The van der Waals surface area contributed by atoms with Crippen molar-refractivity contribution in [3.05, 3.63) is 112 Å². The van der Waals surface area contributed by atoms with Gasteiger partial charge in [-0.25, -0.2) is 8.78 Å². The molecule has 1 unspecified atom stereocenters. The maximum atomic E-state index is 14.0. The highest BCUT2D eigenvalue weighted by atomic mass is 19.1. The average Bonchev–Trinajstić information content (AvgIpc) is 3.86. The van der Waals surface area contributed by atoms with Crippen LogP contribution in [0.2, 0.25) is 0 Å². The van der Waals surface area contributed by atoms with Gasteiger partial charge in [-0.05, 0) is 104 Å². The third kappa shape index (κ3) is 11.7. The van der Waals surface area contributed by atoms with Crippen molar-refractivity contribution in [3.63, 3.8) is 0 Å². The van der Waals surface area contributed by atoms with Gasteiger partial charge in [0.05, 0.1) is 28.8 Å². The molecule has 0 aliphatic carbocycles. The lowest BCUT2D eigenvalue weighted by Gasteiger charge is -2.36. The molecule has 3 saturated heterocycles. The van der Waals surface area contributed by atoms with Crippen molar-refractivity contribution < 1.29 is 42.3 Å². The van der Waals surface area contributed by atoms with E-state index in [1.54, 1.807) is 18.2 Å². The predicted molar refractivity (Wildman–Crippen MR) is 263 cm³/mol. The first-order valence-electron chi connectivity index (χ1n) is 24.5. The molecule has 1 atom stereocenters. The number of rotatable bonds is 19. The lowest BCUT2D eigenvalue weighted by atomic mass is 10.0. The zero-order chi connectivity index (χ0) is 49.4. The number of hydrogen-bond donors (Lipinski definition) is 6. The van der Waals surface area contributed by atoms with E-state index in [-0.39, 0.29) is 41.8 Å². The highest BCUT2D eigenvalue weighted by molar-refractivity contribution is 6.25. The Hall–Kier alpha value is -7.25. The fraction of sp³-hybridized carbons (Fsp3) is 0.404. The predicted octanol–water partition coefficient (Wildman–Crippen LogP) is 5.98. The standard InChI is InChI=1S/C52H58F2N10O7/c53-34-26-33(27-35(54)29-34)25-32-9-12-41-40(28-32)48(61-60-41)59-49(67)38-11-10-37(30-43(38)57-36-15-23-71-24-16-36)63-21-19-62(20-22-63)31-46(66)56-18-5-3-1-2-4-17-55-42-8-6-7-39-47(42)52(70)64(51(39)69)44-13-14-45(65)58-50(44)68/h6-12,26-30,36,44,55,57H,1-5,13-25,31H2,(H,56,66)(H,58,65,68)(H2,59,60,61,67). The first kappa shape index (κ1) is 48.8. The van der Waals surface area contributed by atoms with Gasteiger partial charge in [0, 0.05) is 93.5 Å². The SMILES string of the molecule is O=C(CN1CCN(c2ccc(C(=O)Nc3n[nH]c4ccc(Cc5cc(F)cc(F)c5)cc34)c(NC3CCOCC3)c2)CC1)NCCCCCCCNc1cccc2c1C(=O)N(C1CCC(=O)NC1=O)C2=O. The number of piperidine rings is 1. The minimum Gasteiger partial charge on any atom is -0.384 e. The van der Waals surface area contributed by atoms with Gasteiger partial charge < -0.3 is 30.9 Å². The molecule has 9 rings (SSSR count). The minimum absolute atomic E-state index is 0.0107. The summed E-state index contributed by atoms with van der Waals surface area (Å²) in [7, 11) is 0. The van der Waals surface area contributed by atoms with E-state index in [2.05, 4.69) is 46.6 Å². The molecule has 1 aromatic heterocycles. The number of carbonyl (C=O) groups is 6. The number of nitrogens with zero attached hydrogens (tertiary/aromatic N) is 4. The Morgan fingerprint density at radius 1 is 0.775 bits per heavy atom. The van der Waals surface area contributed by atoms with Crippen LogP contribution in [0.5, 0.6) is 0 Å². The number of fused-ring (bicyclic) bond motifs is 2. The summed E-state index contributed by atoms with van der Waals surface area (Å²) < 4.78 is 33.4. The van der Waals surface area contributed by atoms with Gasteiger partial charge in [0.25, 0.3) is 17.7 Å². The van der Waals surface area contributed by atoms with E-state index < -0.39 is 41.3 Å². The summed E-state index contributed by atoms with van der Waals surface area (Å²) in [5.41, 5.74) is 5.17. The van der Waals surface area contributed by atoms with Gasteiger partial charge in [-0.3, -0.25) is 49.0 Å². The molecule has 17 nitrogen and oxygen atoms in total. The van der Waals surface area contributed by atoms with Crippen LogP contribution < -0.4 is 31.5 Å². The summed E-state index contributed by atoms with van der Waals surface area (Å²) in [6.07, 6.45) is 6.62. The van der Waals surface area contributed by atoms with Crippen LogP contribution in [0.4, 0.5) is 31.7 Å². The third-order valence-electron chi connectivity index (χ3n) is 13.6. The van der Waals surface area contributed by atoms with E-state index in [4.69, 9.17) is 4.74 Å². The van der Waals surface area contributed by atoms with Crippen LogP contribution in [-0.4, -0.2) is 127 Å². The van der Waals surface area contributed by atoms with Crippen LogP contribution in [0.1, 0.15) is 100.0 Å². The summed E-state index contributed by atoms with van der Waals surface area (Å²) >= 11 is 0. The van der Waals surface area contributed by atoms with Gasteiger partial charge in [0.1, 0.15) is 17.7 Å². The van der Waals surface area contributed by atoms with E-state index in [9.17, 15) is 37.5 Å². The van der Waals surface area contributed by atoms with Crippen molar-refractivity contribution in [1.29, 1.82) is 0 Å². The quantitative estimate of drug-likeness (QED) is 0.0418. The number of imide groups is 2. The highest BCUT2D eigenvalue weighted by Crippen LogP contribution is 2.33. The second-order valence-corrected chi connectivity index (χ2v) is 18.6. The molecule has 6 N–H and O–H groups in total. The second kappa shape index (κ2) is 22.2. The second-order valence-electron chi connectivity index (χ2n) is 18.6. The Labute approximate surface area is 409 Å². The van der Waals surface area contributed by atoms with Crippen molar-refractivity contribution >= 4 is 69.2 Å². The van der Waals surface area contributed by atoms with Crippen LogP contribution in [0.15, 0.2) is 72.8 Å². The van der Waals surface area contributed by atoms with E-state index >= 15 is 0 Å². The van der Waals surface area contributed by atoms with Crippen molar-refractivity contribution in [1.82, 2.24) is 30.6 Å². The molecule has 71 heavy (non-hydrogen) atoms. The smallest absolute Gasteiger partial charge is 0.264 e. The molecule has 5 aromatic rings. The van der Waals surface area contributed by atoms with Gasteiger partial charge >= 0.3 is 0 Å². The number of nitrogens with one attached hydrogen (secondary N) is 6. The van der Waals surface area contributed by atoms with E-state index in [0.717, 1.165) is 67.2 Å². The number of carbonyl (C=O) groups excluding carboxylic acids is 6. The lowest BCUT2D eigenvalue weighted by Crippen LogP contribution is -2.54. The number of unbranched alkanes of at least 4 members (excludes halogenated alkanes) is 4. The van der Waals surface area contributed by atoms with E-state index in [1.807, 2.05) is 36.4 Å². The third-order valence-corrected chi connectivity index (χ3v) is 13.6. The normalized spacial score (nSPS) is 17.6. The highest BCUT2D eigenvalue weighted by Gasteiger charge is 2.45.